The third-order valence-corrected chi connectivity index (χ3v) is 7.46. The molecule has 1 unspecified atom stereocenters. The van der Waals surface area contributed by atoms with Crippen molar-refractivity contribution in [2.24, 2.45) is 0 Å². The predicted octanol–water partition coefficient (Wildman–Crippen LogP) is 4.49. The first kappa shape index (κ1) is 23.9. The van der Waals surface area contributed by atoms with Crippen LogP contribution in [0.25, 0.3) is 0 Å². The van der Waals surface area contributed by atoms with Gasteiger partial charge in [0.15, 0.2) is 11.5 Å². The minimum absolute atomic E-state index is 0.0473. The number of sulfonamides is 1. The molecular formula is C25H25ClN2O5S. The molecule has 0 aliphatic carbocycles. The number of nitrogens with one attached hydrogen (secondary N) is 1. The lowest BCUT2D eigenvalue weighted by molar-refractivity contribution is -0.120. The molecule has 1 atom stereocenters. The van der Waals surface area contributed by atoms with Crippen LogP contribution < -0.4 is 19.1 Å². The van der Waals surface area contributed by atoms with E-state index in [4.69, 9.17) is 21.1 Å². The Kier molecular flexibility index (Phi) is 7.00. The Bertz CT molecular complexity index is 1290. The monoisotopic (exact) mass is 500 g/mol. The Hall–Kier alpha value is -3.23. The summed E-state index contributed by atoms with van der Waals surface area (Å²) in [6, 6.07) is 18.0. The van der Waals surface area contributed by atoms with Gasteiger partial charge >= 0.3 is 0 Å². The number of ether oxygens (including phenoxy) is 2. The first-order chi connectivity index (χ1) is 16.2. The lowest BCUT2D eigenvalue weighted by atomic mass is 10.1. The molecule has 1 heterocycles. The predicted molar refractivity (Wildman–Crippen MR) is 131 cm³/mol. The third kappa shape index (κ3) is 5.29. The molecule has 3 aromatic carbocycles. The maximum absolute atomic E-state index is 13.5. The van der Waals surface area contributed by atoms with Gasteiger partial charge in [-0.15, -0.1) is 0 Å². The van der Waals surface area contributed by atoms with Gasteiger partial charge in [-0.25, -0.2) is 8.42 Å². The second-order valence-electron chi connectivity index (χ2n) is 8.00. The van der Waals surface area contributed by atoms with Gasteiger partial charge in [-0.3, -0.25) is 9.10 Å². The maximum atomic E-state index is 13.5. The van der Waals surface area contributed by atoms with Crippen LogP contribution in [0, 0.1) is 6.92 Å². The molecule has 1 aliphatic rings. The van der Waals surface area contributed by atoms with Gasteiger partial charge in [-0.2, -0.15) is 0 Å². The Morgan fingerprint density at radius 1 is 1.03 bits per heavy atom. The molecule has 9 heteroatoms. The van der Waals surface area contributed by atoms with Crippen molar-refractivity contribution in [3.8, 4) is 11.5 Å². The first-order valence-corrected chi connectivity index (χ1v) is 12.6. The molecule has 178 valence electrons. The highest BCUT2D eigenvalue weighted by atomic mass is 35.5. The molecule has 0 radical (unpaired) electrons. The fraction of sp³-hybridized carbons (Fsp3) is 0.240. The topological polar surface area (TPSA) is 84.9 Å². The summed E-state index contributed by atoms with van der Waals surface area (Å²) < 4.78 is 39.2. The molecule has 1 aliphatic heterocycles. The zero-order valence-electron chi connectivity index (χ0n) is 18.8. The molecule has 3 aromatic rings. The number of benzene rings is 3. The number of aryl methyl sites for hydroxylation is 1. The fourth-order valence-electron chi connectivity index (χ4n) is 3.66. The number of halogens is 1. The van der Waals surface area contributed by atoms with Crippen LogP contribution in [0.5, 0.6) is 11.5 Å². The highest BCUT2D eigenvalue weighted by Crippen LogP contribution is 2.32. The summed E-state index contributed by atoms with van der Waals surface area (Å²) >= 11 is 5.93. The lowest BCUT2D eigenvalue weighted by Gasteiger charge is -2.26. The summed E-state index contributed by atoms with van der Waals surface area (Å²) in [4.78, 5) is 13.1. The van der Waals surface area contributed by atoms with E-state index in [2.05, 4.69) is 5.32 Å². The number of anilines is 1. The van der Waals surface area contributed by atoms with Crippen molar-refractivity contribution in [3.05, 3.63) is 82.9 Å². The van der Waals surface area contributed by atoms with Crippen LogP contribution in [-0.2, 0) is 14.8 Å². The molecule has 4 rings (SSSR count). The summed E-state index contributed by atoms with van der Waals surface area (Å²) in [5.74, 6) is 0.839. The number of nitrogens with zero attached hydrogens (tertiary/aromatic N) is 1. The van der Waals surface area contributed by atoms with Crippen molar-refractivity contribution >= 4 is 33.2 Å². The van der Waals surface area contributed by atoms with Gasteiger partial charge in [0, 0.05) is 5.02 Å². The zero-order chi connectivity index (χ0) is 24.3. The number of hydrogen-bond acceptors (Lipinski definition) is 5. The number of amides is 1. The number of carbonyl (C=O) groups excluding carboxylic acids is 1. The third-order valence-electron chi connectivity index (χ3n) is 5.42. The van der Waals surface area contributed by atoms with Crippen LogP contribution in [0.4, 0.5) is 5.69 Å². The highest BCUT2D eigenvalue weighted by molar-refractivity contribution is 7.92. The summed E-state index contributed by atoms with van der Waals surface area (Å²) in [6.07, 6.45) is 0. The van der Waals surface area contributed by atoms with Gasteiger partial charge in [0.25, 0.3) is 10.0 Å². The van der Waals surface area contributed by atoms with Gasteiger partial charge in [0.1, 0.15) is 19.8 Å². The number of hydrogen-bond donors (Lipinski definition) is 1. The Morgan fingerprint density at radius 2 is 1.74 bits per heavy atom. The summed E-state index contributed by atoms with van der Waals surface area (Å²) in [7, 11) is -4.02. The van der Waals surface area contributed by atoms with Gasteiger partial charge < -0.3 is 14.8 Å². The second-order valence-corrected chi connectivity index (χ2v) is 10.3. The van der Waals surface area contributed by atoms with Crippen molar-refractivity contribution in [1.82, 2.24) is 5.32 Å². The van der Waals surface area contributed by atoms with Crippen molar-refractivity contribution in [3.63, 3.8) is 0 Å². The average Bonchev–Trinajstić information content (AvgIpc) is 2.82. The van der Waals surface area contributed by atoms with E-state index in [1.165, 1.54) is 24.3 Å². The van der Waals surface area contributed by atoms with Crippen LogP contribution in [0.1, 0.15) is 24.1 Å². The summed E-state index contributed by atoms with van der Waals surface area (Å²) in [6.45, 7) is 4.26. The van der Waals surface area contributed by atoms with E-state index in [9.17, 15) is 13.2 Å². The molecular weight excluding hydrogens is 476 g/mol. The minimum Gasteiger partial charge on any atom is -0.486 e. The van der Waals surface area contributed by atoms with Crippen LogP contribution in [0.2, 0.25) is 5.02 Å². The Morgan fingerprint density at radius 3 is 2.44 bits per heavy atom. The standard InChI is InChI=1S/C25H25ClN2O5S/c1-17-4-3-5-21(14-17)28(34(30,31)22-9-7-20(26)8-10-22)16-25(29)27-18(2)19-6-11-23-24(15-19)33-13-12-32-23/h3-11,14-15,18H,12-13,16H2,1-2H3,(H,27,29). The van der Waals surface area contributed by atoms with Gasteiger partial charge in [0.05, 0.1) is 16.6 Å². The summed E-state index contributed by atoms with van der Waals surface area (Å²) in [5, 5.41) is 3.31. The van der Waals surface area contributed by atoms with Crippen LogP contribution >= 0.6 is 11.6 Å². The molecule has 34 heavy (non-hydrogen) atoms. The molecule has 1 N–H and O–H groups in total. The number of carbonyl (C=O) groups is 1. The molecule has 7 nitrogen and oxygen atoms in total. The molecule has 1 amide bonds. The quantitative estimate of drug-likeness (QED) is 0.516. The van der Waals surface area contributed by atoms with E-state index in [0.717, 1.165) is 15.4 Å². The van der Waals surface area contributed by atoms with Gasteiger partial charge in [0.2, 0.25) is 5.91 Å². The SMILES string of the molecule is Cc1cccc(N(CC(=O)NC(C)c2ccc3c(c2)OCCO3)S(=O)(=O)c2ccc(Cl)cc2)c1. The fourth-order valence-corrected chi connectivity index (χ4v) is 5.20. The molecule has 0 saturated heterocycles. The van der Waals surface area contributed by atoms with Gasteiger partial charge in [-0.05, 0) is 73.5 Å². The second kappa shape index (κ2) is 9.95. The maximum Gasteiger partial charge on any atom is 0.264 e. The number of rotatable bonds is 7. The highest BCUT2D eigenvalue weighted by Gasteiger charge is 2.28. The molecule has 0 saturated carbocycles. The van der Waals surface area contributed by atoms with E-state index >= 15 is 0 Å². The van der Waals surface area contributed by atoms with Crippen molar-refractivity contribution in [2.75, 3.05) is 24.1 Å². The van der Waals surface area contributed by atoms with Crippen molar-refractivity contribution in [1.29, 1.82) is 0 Å². The van der Waals surface area contributed by atoms with Crippen molar-refractivity contribution < 1.29 is 22.7 Å². The lowest BCUT2D eigenvalue weighted by Crippen LogP contribution is -2.41. The number of fused-ring (bicyclic) bond motifs is 1. The zero-order valence-corrected chi connectivity index (χ0v) is 20.4. The van der Waals surface area contributed by atoms with Crippen LogP contribution in [0.15, 0.2) is 71.6 Å². The largest absolute Gasteiger partial charge is 0.486 e. The van der Waals surface area contributed by atoms with Gasteiger partial charge in [-0.1, -0.05) is 29.8 Å². The first-order valence-electron chi connectivity index (χ1n) is 10.8. The van der Waals surface area contributed by atoms with E-state index in [1.807, 2.05) is 32.0 Å². The van der Waals surface area contributed by atoms with E-state index in [0.29, 0.717) is 35.4 Å². The molecule has 0 spiro atoms. The van der Waals surface area contributed by atoms with E-state index in [-0.39, 0.29) is 17.5 Å². The smallest absolute Gasteiger partial charge is 0.264 e. The molecule has 0 bridgehead atoms. The Labute approximate surface area is 204 Å². The van der Waals surface area contributed by atoms with Crippen LogP contribution in [-0.4, -0.2) is 34.1 Å². The normalized spacial score (nSPS) is 13.7. The molecule has 0 fully saturated rings. The van der Waals surface area contributed by atoms with Crippen molar-refractivity contribution in [2.45, 2.75) is 24.8 Å². The molecule has 0 aromatic heterocycles. The Balaban J connectivity index is 1.57. The average molecular weight is 501 g/mol. The van der Waals surface area contributed by atoms with E-state index < -0.39 is 15.9 Å². The minimum atomic E-state index is -4.02. The van der Waals surface area contributed by atoms with Crippen LogP contribution in [0.3, 0.4) is 0 Å². The summed E-state index contributed by atoms with van der Waals surface area (Å²) in [5.41, 5.74) is 2.09. The van der Waals surface area contributed by atoms with E-state index in [1.54, 1.807) is 24.3 Å².